The molecule has 0 aromatic heterocycles. The van der Waals surface area contributed by atoms with Crippen molar-refractivity contribution in [2.45, 2.75) is 102 Å². The molecule has 198 valence electrons. The number of ether oxygens (including phenoxy) is 1. The standard InChI is InChI=1S/C28H47NO4SSi/c1-6-10-24-35(25-11-7-2,26-12-8-3)33-23-16-14-13-15-22-29(21-9-4)34(30,31)28-19-17-27(32-5)18-20-28/h9,17-20H,4,6-8,10-14,16,21,23-26H2,1-3,5H3. The minimum atomic E-state index is -3.72. The summed E-state index contributed by atoms with van der Waals surface area (Å²) in [7, 11) is -3.84. The van der Waals surface area contributed by atoms with Crippen molar-refractivity contribution in [1.29, 1.82) is 0 Å². The normalized spacial score (nSPS) is 11.5. The predicted molar refractivity (Wildman–Crippen MR) is 150 cm³/mol. The molecule has 0 N–H and O–H groups in total. The second-order valence-corrected chi connectivity index (χ2v) is 15.1. The van der Waals surface area contributed by atoms with E-state index in [1.54, 1.807) is 25.3 Å². The molecule has 0 atom stereocenters. The maximum atomic E-state index is 13.0. The van der Waals surface area contributed by atoms with E-state index >= 15 is 0 Å². The fourth-order valence-electron chi connectivity index (χ4n) is 4.03. The summed E-state index contributed by atoms with van der Waals surface area (Å²) in [5.74, 6) is 3.66. The van der Waals surface area contributed by atoms with Crippen molar-refractivity contribution in [2.75, 3.05) is 20.3 Å². The molecule has 1 aromatic carbocycles. The van der Waals surface area contributed by atoms with E-state index in [0.29, 0.717) is 12.2 Å². The molecule has 0 saturated carbocycles. The van der Waals surface area contributed by atoms with E-state index in [1.807, 2.05) is 0 Å². The van der Waals surface area contributed by atoms with Crippen molar-refractivity contribution in [3.63, 3.8) is 0 Å². The minimum Gasteiger partial charge on any atom is -0.497 e. The third-order valence-corrected chi connectivity index (χ3v) is 12.5. The minimum absolute atomic E-state index is 0.144. The van der Waals surface area contributed by atoms with Crippen molar-refractivity contribution in [3.05, 3.63) is 36.9 Å². The molecule has 0 aliphatic heterocycles. The quantitative estimate of drug-likeness (QED) is 0.0627. The van der Waals surface area contributed by atoms with Crippen LogP contribution in [-0.2, 0) is 14.4 Å². The van der Waals surface area contributed by atoms with Crippen LogP contribution >= 0.6 is 0 Å². The molecule has 7 heteroatoms. The van der Waals surface area contributed by atoms with Crippen LogP contribution in [0.25, 0.3) is 0 Å². The molecule has 1 aromatic rings. The zero-order chi connectivity index (χ0) is 26.0. The maximum Gasteiger partial charge on any atom is 0.271 e. The molecule has 5 nitrogen and oxygen atoms in total. The Balaban J connectivity index is 2.68. The first-order valence-electron chi connectivity index (χ1n) is 13.3. The predicted octanol–water partition coefficient (Wildman–Crippen LogP) is 7.37. The van der Waals surface area contributed by atoms with E-state index in [9.17, 15) is 8.42 Å². The van der Waals surface area contributed by atoms with Gasteiger partial charge in [-0.3, -0.25) is 0 Å². The Labute approximate surface area is 216 Å². The van der Waals surface area contributed by atoms with Gasteiger partial charge in [-0.2, -0.15) is 0 Å². The van der Waals surface area contributed by atoms with Gasteiger partial charge in [0.15, 0.2) is 8.32 Å². The first kappa shape index (κ1) is 31.3. The van der Waals surface area contributed by atoms with Crippen LogP contribution in [0.3, 0.4) is 0 Å². The molecule has 0 saturated heterocycles. The molecule has 0 aliphatic rings. The van der Waals surface area contributed by atoms with Gasteiger partial charge < -0.3 is 9.16 Å². The number of unbranched alkanes of at least 4 members (excludes halogenated alkanes) is 5. The Morgan fingerprint density at radius 2 is 1.51 bits per heavy atom. The number of sulfonamides is 1. The van der Waals surface area contributed by atoms with Crippen LogP contribution in [0, 0.1) is 12.0 Å². The van der Waals surface area contributed by atoms with Crippen molar-refractivity contribution in [2.24, 2.45) is 0 Å². The third kappa shape index (κ3) is 11.2. The van der Waals surface area contributed by atoms with Gasteiger partial charge in [-0.1, -0.05) is 71.3 Å². The van der Waals surface area contributed by atoms with Crippen LogP contribution in [-0.4, -0.2) is 41.3 Å². The molecule has 35 heavy (non-hydrogen) atoms. The lowest BCUT2D eigenvalue weighted by Gasteiger charge is -2.32. The van der Waals surface area contributed by atoms with E-state index in [2.05, 4.69) is 39.3 Å². The van der Waals surface area contributed by atoms with E-state index < -0.39 is 18.3 Å². The topological polar surface area (TPSA) is 55.8 Å². The van der Waals surface area contributed by atoms with Crippen molar-refractivity contribution >= 4 is 18.3 Å². The SMILES string of the molecule is C=CCN(C#CCCCCO[Si](CCCC)(CCCC)CCCC)S(=O)(=O)c1ccc(OC)cc1. The lowest BCUT2D eigenvalue weighted by Crippen LogP contribution is -2.38. The molecule has 1 rings (SSSR count). The summed E-state index contributed by atoms with van der Waals surface area (Å²) in [6, 6.07) is 13.0. The van der Waals surface area contributed by atoms with Crippen LogP contribution in [0.15, 0.2) is 41.8 Å². The van der Waals surface area contributed by atoms with E-state index in [4.69, 9.17) is 9.16 Å². The van der Waals surface area contributed by atoms with Gasteiger partial charge in [0, 0.05) is 19.1 Å². The van der Waals surface area contributed by atoms with Gasteiger partial charge in [-0.25, -0.2) is 12.7 Å². The molecule has 0 heterocycles. The summed E-state index contributed by atoms with van der Waals surface area (Å²) in [4.78, 5) is 0.190. The average Bonchev–Trinajstić information content (AvgIpc) is 2.87. The first-order valence-corrected chi connectivity index (χ1v) is 17.3. The summed E-state index contributed by atoms with van der Waals surface area (Å²) in [6.45, 7) is 11.4. The lowest BCUT2D eigenvalue weighted by atomic mass is 10.2. The van der Waals surface area contributed by atoms with Crippen LogP contribution < -0.4 is 4.74 Å². The summed E-state index contributed by atoms with van der Waals surface area (Å²) < 4.78 is 38.9. The van der Waals surface area contributed by atoms with Crippen LogP contribution in [0.2, 0.25) is 18.1 Å². The number of benzene rings is 1. The fourth-order valence-corrected chi connectivity index (χ4v) is 10.0. The first-order chi connectivity index (χ1) is 16.9. The van der Waals surface area contributed by atoms with Crippen molar-refractivity contribution in [1.82, 2.24) is 4.31 Å². The van der Waals surface area contributed by atoms with Gasteiger partial charge in [0.05, 0.1) is 18.6 Å². The molecule has 0 amide bonds. The Bertz CT molecular complexity index is 853. The monoisotopic (exact) mass is 521 g/mol. The van der Waals surface area contributed by atoms with E-state index in [-0.39, 0.29) is 11.4 Å². The molecular weight excluding hydrogens is 474 g/mol. The second-order valence-electron chi connectivity index (χ2n) is 9.09. The van der Waals surface area contributed by atoms with E-state index in [0.717, 1.165) is 23.8 Å². The third-order valence-electron chi connectivity index (χ3n) is 6.21. The van der Waals surface area contributed by atoms with Crippen LogP contribution in [0.4, 0.5) is 0 Å². The summed E-state index contributed by atoms with van der Waals surface area (Å²) in [5, 5.41) is 0. The van der Waals surface area contributed by atoms with Gasteiger partial charge >= 0.3 is 0 Å². The number of hydrogen-bond acceptors (Lipinski definition) is 4. The second kappa shape index (κ2) is 17.6. The number of hydrogen-bond donors (Lipinski definition) is 0. The Morgan fingerprint density at radius 1 is 0.943 bits per heavy atom. The molecular formula is C28H47NO4SSi. The molecule has 0 radical (unpaired) electrons. The summed E-state index contributed by atoms with van der Waals surface area (Å²) in [6.07, 6.45) is 11.6. The van der Waals surface area contributed by atoms with Gasteiger partial charge in [-0.15, -0.1) is 6.58 Å². The zero-order valence-electron chi connectivity index (χ0n) is 22.5. The number of nitrogens with zero attached hydrogens (tertiary/aromatic N) is 1. The van der Waals surface area contributed by atoms with E-state index in [1.165, 1.54) is 68.8 Å². The van der Waals surface area contributed by atoms with Crippen molar-refractivity contribution in [3.8, 4) is 17.7 Å². The highest BCUT2D eigenvalue weighted by molar-refractivity contribution is 7.89. The lowest BCUT2D eigenvalue weighted by molar-refractivity contribution is 0.285. The highest BCUT2D eigenvalue weighted by atomic mass is 32.2. The van der Waals surface area contributed by atoms with Gasteiger partial charge in [0.25, 0.3) is 10.0 Å². The number of methoxy groups -OCH3 is 1. The fraction of sp³-hybridized carbons (Fsp3) is 0.643. The molecule has 0 spiro atoms. The van der Waals surface area contributed by atoms with Crippen molar-refractivity contribution < 1.29 is 17.6 Å². The zero-order valence-corrected chi connectivity index (χ0v) is 24.3. The highest BCUT2D eigenvalue weighted by Gasteiger charge is 2.32. The summed E-state index contributed by atoms with van der Waals surface area (Å²) >= 11 is 0. The number of rotatable bonds is 19. The van der Waals surface area contributed by atoms with Crippen LogP contribution in [0.5, 0.6) is 5.75 Å². The molecule has 0 unspecified atom stereocenters. The molecule has 0 aliphatic carbocycles. The van der Waals surface area contributed by atoms with Crippen LogP contribution in [0.1, 0.15) is 78.6 Å². The van der Waals surface area contributed by atoms with Gasteiger partial charge in [0.2, 0.25) is 0 Å². The highest BCUT2D eigenvalue weighted by Crippen LogP contribution is 2.30. The Morgan fingerprint density at radius 3 is 2.00 bits per heavy atom. The maximum absolute atomic E-state index is 13.0. The molecule has 0 bridgehead atoms. The Kier molecular flexibility index (Phi) is 15.8. The molecule has 0 fully saturated rings. The Hall–Kier alpha value is -1.75. The smallest absolute Gasteiger partial charge is 0.271 e. The van der Waals surface area contributed by atoms with Gasteiger partial charge in [0.1, 0.15) is 5.75 Å². The average molecular weight is 522 g/mol. The van der Waals surface area contributed by atoms with Gasteiger partial charge in [-0.05, 0) is 55.2 Å². The summed E-state index contributed by atoms with van der Waals surface area (Å²) in [5.41, 5.74) is 0. The largest absolute Gasteiger partial charge is 0.497 e.